The lowest BCUT2D eigenvalue weighted by atomic mass is 9.65. The van der Waals surface area contributed by atoms with Gasteiger partial charge in [-0.1, -0.05) is 182 Å². The van der Waals surface area contributed by atoms with Gasteiger partial charge in [0.2, 0.25) is 0 Å². The minimum atomic E-state index is -0.609. The first-order valence-corrected chi connectivity index (χ1v) is 23.2. The molecule has 0 N–H and O–H groups in total. The minimum absolute atomic E-state index is 0.609. The van der Waals surface area contributed by atoms with E-state index in [0.29, 0.717) is 0 Å². The number of aliphatic imine (C=N–C) groups is 2. The smallest absolute Gasteiger partial charge is 0.111 e. The average molecular weight is 871 g/mol. The van der Waals surface area contributed by atoms with E-state index in [2.05, 4.69) is 228 Å². The van der Waals surface area contributed by atoms with Crippen molar-refractivity contribution in [2.24, 2.45) is 9.98 Å². The van der Waals surface area contributed by atoms with Crippen LogP contribution < -0.4 is 0 Å². The molecule has 0 fully saturated rings. The molecule has 322 valence electrons. The molecule has 0 unspecified atom stereocenters. The van der Waals surface area contributed by atoms with E-state index in [-0.39, 0.29) is 0 Å². The number of fused-ring (bicyclic) bond motifs is 6. The maximum absolute atomic E-state index is 5.38. The van der Waals surface area contributed by atoms with Crippen molar-refractivity contribution < 1.29 is 0 Å². The van der Waals surface area contributed by atoms with Gasteiger partial charge in [0, 0.05) is 39.0 Å². The number of nitrogens with zero attached hydrogens (tertiary/aromatic N) is 4. The quantitative estimate of drug-likeness (QED) is 0.0787. The Morgan fingerprint density at radius 3 is 1.50 bits per heavy atom. The van der Waals surface area contributed by atoms with Gasteiger partial charge in [-0.15, -0.1) is 0 Å². The lowest BCUT2D eigenvalue weighted by Gasteiger charge is -2.37. The fraction of sp³-hybridized carbons (Fsp3) is 0.0312. The SMILES string of the molecule is CC(=Nc1ccccc1C=Nc1ccccc1)n1c2ccc(-c3ccc4c(c3)c3ccccc3n4-c3ccccc3)cc2c2cc(C(c3ccccc3)(c3ccccc3)c3ccccc3)ccc21. The van der Waals surface area contributed by atoms with E-state index >= 15 is 0 Å². The van der Waals surface area contributed by atoms with Crippen molar-refractivity contribution in [3.05, 3.63) is 283 Å². The Morgan fingerprint density at radius 1 is 0.397 bits per heavy atom. The first-order valence-electron chi connectivity index (χ1n) is 23.2. The molecule has 0 aliphatic heterocycles. The van der Waals surface area contributed by atoms with Crippen molar-refractivity contribution in [3.63, 3.8) is 0 Å². The van der Waals surface area contributed by atoms with Crippen molar-refractivity contribution in [2.75, 3.05) is 0 Å². The van der Waals surface area contributed by atoms with Crippen LogP contribution in [0.15, 0.2) is 265 Å². The Labute approximate surface area is 396 Å². The molecule has 2 heterocycles. The van der Waals surface area contributed by atoms with E-state index in [1.807, 2.05) is 48.7 Å². The summed E-state index contributed by atoms with van der Waals surface area (Å²) in [6.45, 7) is 2.12. The van der Waals surface area contributed by atoms with Gasteiger partial charge in [0.05, 0.1) is 38.9 Å². The number of benzene rings is 10. The molecule has 0 aliphatic carbocycles. The Bertz CT molecular complexity index is 3730. The number of hydrogen-bond donors (Lipinski definition) is 0. The summed E-state index contributed by atoms with van der Waals surface area (Å²) in [6, 6.07) is 91.5. The zero-order valence-corrected chi connectivity index (χ0v) is 37.6. The third-order valence-corrected chi connectivity index (χ3v) is 13.5. The zero-order chi connectivity index (χ0) is 45.4. The second-order valence-electron chi connectivity index (χ2n) is 17.4. The minimum Gasteiger partial charge on any atom is -0.309 e. The summed E-state index contributed by atoms with van der Waals surface area (Å²) < 4.78 is 4.70. The van der Waals surface area contributed by atoms with Crippen LogP contribution in [0.4, 0.5) is 11.4 Å². The topological polar surface area (TPSA) is 34.6 Å². The molecular formula is C64H46N4. The van der Waals surface area contributed by atoms with Gasteiger partial charge in [-0.25, -0.2) is 4.99 Å². The van der Waals surface area contributed by atoms with Crippen LogP contribution >= 0.6 is 0 Å². The molecule has 2 aromatic heterocycles. The monoisotopic (exact) mass is 870 g/mol. The van der Waals surface area contributed by atoms with Crippen LogP contribution in [0, 0.1) is 0 Å². The molecule has 0 radical (unpaired) electrons. The molecule has 0 aliphatic rings. The summed E-state index contributed by atoms with van der Waals surface area (Å²) in [5.41, 5.74) is 14.9. The molecule has 4 nitrogen and oxygen atoms in total. The number of hydrogen-bond acceptors (Lipinski definition) is 2. The third-order valence-electron chi connectivity index (χ3n) is 13.5. The molecular weight excluding hydrogens is 825 g/mol. The highest BCUT2D eigenvalue weighted by Gasteiger charge is 2.38. The van der Waals surface area contributed by atoms with Gasteiger partial charge in [-0.2, -0.15) is 0 Å². The average Bonchev–Trinajstić information content (AvgIpc) is 3.92. The summed E-state index contributed by atoms with van der Waals surface area (Å²) in [5.74, 6) is 0.863. The largest absolute Gasteiger partial charge is 0.309 e. The molecule has 68 heavy (non-hydrogen) atoms. The number of aromatic nitrogens is 2. The van der Waals surface area contributed by atoms with Gasteiger partial charge >= 0.3 is 0 Å². The predicted octanol–water partition coefficient (Wildman–Crippen LogP) is 16.3. The van der Waals surface area contributed by atoms with Crippen molar-refractivity contribution in [1.29, 1.82) is 0 Å². The van der Waals surface area contributed by atoms with E-state index < -0.39 is 5.41 Å². The summed E-state index contributed by atoms with van der Waals surface area (Å²) in [7, 11) is 0. The first kappa shape index (κ1) is 40.6. The van der Waals surface area contributed by atoms with Crippen molar-refractivity contribution in [1.82, 2.24) is 9.13 Å². The van der Waals surface area contributed by atoms with E-state index in [0.717, 1.165) is 61.4 Å². The fourth-order valence-corrected chi connectivity index (χ4v) is 10.4. The Kier molecular flexibility index (Phi) is 10.3. The highest BCUT2D eigenvalue weighted by Crippen LogP contribution is 2.47. The van der Waals surface area contributed by atoms with Crippen molar-refractivity contribution in [3.8, 4) is 16.8 Å². The zero-order valence-electron chi connectivity index (χ0n) is 37.6. The van der Waals surface area contributed by atoms with E-state index in [9.17, 15) is 0 Å². The summed E-state index contributed by atoms with van der Waals surface area (Å²) in [4.78, 5) is 10.2. The second kappa shape index (κ2) is 17.2. The molecule has 10 aromatic carbocycles. The van der Waals surface area contributed by atoms with Crippen molar-refractivity contribution in [2.45, 2.75) is 12.3 Å². The van der Waals surface area contributed by atoms with Crippen molar-refractivity contribution >= 4 is 67.0 Å². The van der Waals surface area contributed by atoms with Crippen LogP contribution in [0.2, 0.25) is 0 Å². The maximum atomic E-state index is 5.38. The third kappa shape index (κ3) is 6.94. The van der Waals surface area contributed by atoms with Gasteiger partial charge < -0.3 is 4.57 Å². The highest BCUT2D eigenvalue weighted by atomic mass is 15.1. The predicted molar refractivity (Wildman–Crippen MR) is 286 cm³/mol. The first-order chi connectivity index (χ1) is 33.6. The molecule has 0 atom stereocenters. The lowest BCUT2D eigenvalue weighted by Crippen LogP contribution is -2.30. The van der Waals surface area contributed by atoms with Gasteiger partial charge in [-0.05, 0) is 113 Å². The maximum Gasteiger partial charge on any atom is 0.111 e. The van der Waals surface area contributed by atoms with Crippen LogP contribution in [0.1, 0.15) is 34.7 Å². The van der Waals surface area contributed by atoms with Crippen LogP contribution in [-0.4, -0.2) is 21.2 Å². The Balaban J connectivity index is 1.10. The van der Waals surface area contributed by atoms with Crippen LogP contribution in [0.3, 0.4) is 0 Å². The summed E-state index contributed by atoms with van der Waals surface area (Å²) in [6.07, 6.45) is 1.91. The van der Waals surface area contributed by atoms with E-state index in [1.54, 1.807) is 0 Å². The second-order valence-corrected chi connectivity index (χ2v) is 17.4. The summed E-state index contributed by atoms with van der Waals surface area (Å²) in [5, 5.41) is 4.77. The van der Waals surface area contributed by atoms with Crippen LogP contribution in [-0.2, 0) is 5.41 Å². The lowest BCUT2D eigenvalue weighted by molar-refractivity contribution is 0.746. The normalized spacial score (nSPS) is 12.2. The molecule has 0 bridgehead atoms. The van der Waals surface area contributed by atoms with Gasteiger partial charge in [0.1, 0.15) is 5.84 Å². The van der Waals surface area contributed by atoms with E-state index in [1.165, 1.54) is 44.1 Å². The highest BCUT2D eigenvalue weighted by molar-refractivity contribution is 6.16. The molecule has 0 spiro atoms. The molecule has 0 saturated carbocycles. The standard InChI is InChI=1S/C64H46N4/c1-45(66-59-33-19-17-21-48(59)44-65-53-28-13-5-14-29-53)67-61-38-35-47(46-36-39-63-56(41-46)55-32-18-20-34-60(55)68(63)54-30-15-6-16-31-54)42-57(61)58-43-52(37-40-62(58)67)64(49-22-7-2-8-23-49,50-24-9-3-10-25-50)51-26-11-4-12-27-51/h2-44H,1H3. The molecule has 0 amide bonds. The van der Waals surface area contributed by atoms with Gasteiger partial charge in [0.15, 0.2) is 0 Å². The molecule has 12 aromatic rings. The van der Waals surface area contributed by atoms with Gasteiger partial charge in [-0.3, -0.25) is 9.56 Å². The Hall–Kier alpha value is -8.86. The molecule has 12 rings (SSSR count). The molecule has 4 heteroatoms. The fourth-order valence-electron chi connectivity index (χ4n) is 10.4. The number of rotatable bonds is 9. The summed E-state index contributed by atoms with van der Waals surface area (Å²) >= 11 is 0. The number of para-hydroxylation sites is 4. The van der Waals surface area contributed by atoms with Gasteiger partial charge in [0.25, 0.3) is 0 Å². The molecule has 0 saturated heterocycles. The Morgan fingerprint density at radius 2 is 0.868 bits per heavy atom. The van der Waals surface area contributed by atoms with E-state index in [4.69, 9.17) is 9.98 Å². The van der Waals surface area contributed by atoms with Crippen LogP contribution in [0.25, 0.3) is 60.4 Å². The van der Waals surface area contributed by atoms with Crippen LogP contribution in [0.5, 0.6) is 0 Å².